The van der Waals surface area contributed by atoms with Crippen molar-refractivity contribution < 1.29 is 9.53 Å². The molecule has 2 aromatic rings. The zero-order chi connectivity index (χ0) is 17.5. The molecular weight excluding hydrogens is 332 g/mol. The Morgan fingerprint density at radius 3 is 2.80 bits per heavy atom. The minimum Gasteiger partial charge on any atom is -0.381 e. The monoisotopic (exact) mass is 358 g/mol. The van der Waals surface area contributed by atoms with Gasteiger partial charge in [0, 0.05) is 31.3 Å². The van der Waals surface area contributed by atoms with Crippen molar-refractivity contribution in [2.45, 2.75) is 24.6 Å². The highest BCUT2D eigenvalue weighted by Crippen LogP contribution is 2.22. The molecule has 1 heterocycles. The molecule has 0 bridgehead atoms. The lowest BCUT2D eigenvalue weighted by Gasteiger charge is -2.26. The van der Waals surface area contributed by atoms with Crippen LogP contribution in [0, 0.1) is 5.92 Å². The van der Waals surface area contributed by atoms with Crippen LogP contribution in [0.5, 0.6) is 0 Å². The number of benzene rings is 2. The number of fused-ring (bicyclic) bond motifs is 1. The second-order valence-electron chi connectivity index (χ2n) is 6.46. The van der Waals surface area contributed by atoms with Crippen molar-refractivity contribution in [3.63, 3.8) is 0 Å². The first-order valence-electron chi connectivity index (χ1n) is 8.91. The molecule has 1 amide bonds. The van der Waals surface area contributed by atoms with Crippen molar-refractivity contribution in [3.8, 4) is 0 Å². The maximum Gasteiger partial charge on any atom is 0.237 e. The highest BCUT2D eigenvalue weighted by Gasteiger charge is 2.26. The lowest BCUT2D eigenvalue weighted by atomic mass is 9.92. The van der Waals surface area contributed by atoms with Crippen molar-refractivity contribution in [2.75, 3.05) is 25.5 Å². The average Bonchev–Trinajstić information content (AvgIpc) is 2.67. The van der Waals surface area contributed by atoms with Crippen LogP contribution in [-0.4, -0.2) is 37.5 Å². The van der Waals surface area contributed by atoms with Gasteiger partial charge < -0.3 is 15.8 Å². The molecule has 5 heteroatoms. The Labute approximate surface area is 153 Å². The Morgan fingerprint density at radius 1 is 1.20 bits per heavy atom. The van der Waals surface area contributed by atoms with E-state index in [1.807, 2.05) is 11.8 Å². The highest BCUT2D eigenvalue weighted by molar-refractivity contribution is 7.98. The standard InChI is InChI=1S/C20H26N2O2S/c21-19(16-8-11-24-12-9-16)20(23)22-10-13-25-14-17-6-3-5-15-4-1-2-7-18(15)17/h1-7,16,19H,8-14,21H2,(H,22,23). The molecule has 1 aliphatic heterocycles. The molecule has 134 valence electrons. The van der Waals surface area contributed by atoms with E-state index in [1.54, 1.807) is 0 Å². The third-order valence-electron chi connectivity index (χ3n) is 4.76. The Kier molecular flexibility index (Phi) is 6.73. The molecule has 3 N–H and O–H groups in total. The zero-order valence-electron chi connectivity index (χ0n) is 14.4. The van der Waals surface area contributed by atoms with Gasteiger partial charge in [-0.05, 0) is 35.1 Å². The smallest absolute Gasteiger partial charge is 0.237 e. The largest absolute Gasteiger partial charge is 0.381 e. The fourth-order valence-electron chi connectivity index (χ4n) is 3.25. The van der Waals surface area contributed by atoms with Gasteiger partial charge in [-0.1, -0.05) is 42.5 Å². The van der Waals surface area contributed by atoms with E-state index in [0.717, 1.165) is 24.3 Å². The van der Waals surface area contributed by atoms with E-state index in [0.29, 0.717) is 19.8 Å². The number of nitrogens with two attached hydrogens (primary N) is 1. The molecular formula is C20H26N2O2S. The molecule has 3 rings (SSSR count). The van der Waals surface area contributed by atoms with Crippen molar-refractivity contribution in [1.29, 1.82) is 0 Å². The van der Waals surface area contributed by atoms with E-state index < -0.39 is 6.04 Å². The van der Waals surface area contributed by atoms with Crippen LogP contribution in [0.2, 0.25) is 0 Å². The normalized spacial score (nSPS) is 16.7. The van der Waals surface area contributed by atoms with Crippen LogP contribution in [-0.2, 0) is 15.3 Å². The van der Waals surface area contributed by atoms with Gasteiger partial charge in [-0.3, -0.25) is 4.79 Å². The third kappa shape index (κ3) is 4.97. The van der Waals surface area contributed by atoms with Gasteiger partial charge in [-0.25, -0.2) is 0 Å². The van der Waals surface area contributed by atoms with E-state index in [1.165, 1.54) is 16.3 Å². The quantitative estimate of drug-likeness (QED) is 0.747. The molecule has 0 aliphatic carbocycles. The summed E-state index contributed by atoms with van der Waals surface area (Å²) in [5, 5.41) is 5.56. The van der Waals surface area contributed by atoms with Crippen molar-refractivity contribution in [2.24, 2.45) is 11.7 Å². The van der Waals surface area contributed by atoms with Crippen LogP contribution < -0.4 is 11.1 Å². The topological polar surface area (TPSA) is 64.4 Å². The summed E-state index contributed by atoms with van der Waals surface area (Å²) < 4.78 is 5.32. The molecule has 1 fully saturated rings. The number of carbonyl (C=O) groups is 1. The van der Waals surface area contributed by atoms with Crippen LogP contribution in [0.25, 0.3) is 10.8 Å². The maximum absolute atomic E-state index is 12.2. The number of hydrogen-bond acceptors (Lipinski definition) is 4. The van der Waals surface area contributed by atoms with Gasteiger partial charge in [-0.15, -0.1) is 0 Å². The summed E-state index contributed by atoms with van der Waals surface area (Å²) in [5.74, 6) is 2.05. The number of nitrogens with one attached hydrogen (secondary N) is 1. The van der Waals surface area contributed by atoms with Crippen LogP contribution in [0.4, 0.5) is 0 Å². The Morgan fingerprint density at radius 2 is 1.96 bits per heavy atom. The van der Waals surface area contributed by atoms with Gasteiger partial charge in [0.2, 0.25) is 5.91 Å². The molecule has 1 unspecified atom stereocenters. The number of thioether (sulfide) groups is 1. The molecule has 0 aromatic heterocycles. The van der Waals surface area contributed by atoms with Crippen LogP contribution >= 0.6 is 11.8 Å². The van der Waals surface area contributed by atoms with E-state index in [2.05, 4.69) is 47.8 Å². The SMILES string of the molecule is NC(C(=O)NCCSCc1cccc2ccccc12)C1CCOCC1. The number of amides is 1. The summed E-state index contributed by atoms with van der Waals surface area (Å²) in [7, 11) is 0. The van der Waals surface area contributed by atoms with Crippen LogP contribution in [0.3, 0.4) is 0 Å². The van der Waals surface area contributed by atoms with Gasteiger partial charge >= 0.3 is 0 Å². The number of rotatable bonds is 7. The first-order chi connectivity index (χ1) is 12.3. The first-order valence-corrected chi connectivity index (χ1v) is 10.1. The van der Waals surface area contributed by atoms with Gasteiger partial charge in [0.1, 0.15) is 0 Å². The second-order valence-corrected chi connectivity index (χ2v) is 7.56. The lowest BCUT2D eigenvalue weighted by Crippen LogP contribution is -2.47. The Hall–Kier alpha value is -1.56. The molecule has 1 aliphatic rings. The molecule has 0 spiro atoms. The molecule has 4 nitrogen and oxygen atoms in total. The highest BCUT2D eigenvalue weighted by atomic mass is 32.2. The molecule has 0 radical (unpaired) electrons. The van der Waals surface area contributed by atoms with E-state index >= 15 is 0 Å². The summed E-state index contributed by atoms with van der Waals surface area (Å²) >= 11 is 1.83. The Bertz CT molecular complexity index is 696. The van der Waals surface area contributed by atoms with E-state index in [-0.39, 0.29) is 11.8 Å². The summed E-state index contributed by atoms with van der Waals surface area (Å²) in [6.45, 7) is 2.09. The molecule has 1 saturated heterocycles. The average molecular weight is 359 g/mol. The minimum atomic E-state index is -0.410. The second kappa shape index (κ2) is 9.22. The predicted molar refractivity (Wildman–Crippen MR) is 105 cm³/mol. The van der Waals surface area contributed by atoms with Gasteiger partial charge in [-0.2, -0.15) is 11.8 Å². The number of ether oxygens (including phenoxy) is 1. The first kappa shape index (κ1) is 18.2. The summed E-state index contributed by atoms with van der Waals surface area (Å²) in [5.41, 5.74) is 7.43. The van der Waals surface area contributed by atoms with Crippen molar-refractivity contribution in [1.82, 2.24) is 5.32 Å². The number of hydrogen-bond donors (Lipinski definition) is 2. The predicted octanol–water partition coefficient (Wildman–Crippen LogP) is 2.94. The summed E-state index contributed by atoms with van der Waals surface area (Å²) in [6, 6.07) is 14.5. The molecule has 1 atom stereocenters. The molecule has 2 aromatic carbocycles. The zero-order valence-corrected chi connectivity index (χ0v) is 15.3. The fourth-order valence-corrected chi connectivity index (χ4v) is 4.12. The Balaban J connectivity index is 1.40. The molecule has 0 saturated carbocycles. The van der Waals surface area contributed by atoms with Crippen LogP contribution in [0.15, 0.2) is 42.5 Å². The van der Waals surface area contributed by atoms with E-state index in [4.69, 9.17) is 10.5 Å². The van der Waals surface area contributed by atoms with Gasteiger partial charge in [0.15, 0.2) is 0 Å². The minimum absolute atomic E-state index is 0.0299. The van der Waals surface area contributed by atoms with Gasteiger partial charge in [0.25, 0.3) is 0 Å². The third-order valence-corrected chi connectivity index (χ3v) is 5.77. The van der Waals surface area contributed by atoms with Gasteiger partial charge in [0.05, 0.1) is 6.04 Å². The van der Waals surface area contributed by atoms with Crippen molar-refractivity contribution in [3.05, 3.63) is 48.0 Å². The van der Waals surface area contributed by atoms with Crippen molar-refractivity contribution >= 4 is 28.4 Å². The summed E-state index contributed by atoms with van der Waals surface area (Å²) in [6.07, 6.45) is 1.76. The summed E-state index contributed by atoms with van der Waals surface area (Å²) in [4.78, 5) is 12.2. The van der Waals surface area contributed by atoms with E-state index in [9.17, 15) is 4.79 Å². The fraction of sp³-hybridized carbons (Fsp3) is 0.450. The maximum atomic E-state index is 12.2. The van der Waals surface area contributed by atoms with Crippen LogP contribution in [0.1, 0.15) is 18.4 Å². The molecule has 25 heavy (non-hydrogen) atoms. The lowest BCUT2D eigenvalue weighted by molar-refractivity contribution is -0.124. The number of carbonyl (C=O) groups excluding carboxylic acids is 1.